The van der Waals surface area contributed by atoms with Gasteiger partial charge in [0.1, 0.15) is 46.7 Å². The molecule has 7 rings (SSSR count). The van der Waals surface area contributed by atoms with Crippen molar-refractivity contribution < 1.29 is 41.3 Å². The number of nitrogens with one attached hydrogen (secondary N) is 4. The maximum atomic E-state index is 13.4. The molecule has 0 radical (unpaired) electrons. The molecule has 2 saturated heterocycles. The Kier molecular flexibility index (Phi) is 19.1. The van der Waals surface area contributed by atoms with Crippen LogP contribution in [0.4, 0.5) is 5.69 Å². The quantitative estimate of drug-likeness (QED) is 0.0319. The van der Waals surface area contributed by atoms with E-state index < -0.39 is 30.7 Å². The van der Waals surface area contributed by atoms with Crippen molar-refractivity contribution in [3.8, 4) is 34.3 Å². The van der Waals surface area contributed by atoms with Gasteiger partial charge in [-0.1, -0.05) is 26.7 Å². The normalized spacial score (nSPS) is 14.6. The largest absolute Gasteiger partial charge is 0.493 e. The second-order valence-electron chi connectivity index (χ2n) is 17.8. The summed E-state index contributed by atoms with van der Waals surface area (Å²) in [6, 6.07) is 9.01. The fraction of sp³-hybridized carbons (Fsp3) is 0.532. The second kappa shape index (κ2) is 24.8. The number of rotatable bonds is 25. The van der Waals surface area contributed by atoms with Crippen LogP contribution >= 0.6 is 0 Å². The minimum absolute atomic E-state index is 0.000678. The van der Waals surface area contributed by atoms with Gasteiger partial charge in [-0.25, -0.2) is 26.8 Å². The first-order chi connectivity index (χ1) is 35.2. The Hall–Kier alpha value is -6.36. The van der Waals surface area contributed by atoms with Gasteiger partial charge in [0.2, 0.25) is 20.0 Å². The predicted octanol–water partition coefficient (Wildman–Crippen LogP) is 2.92. The van der Waals surface area contributed by atoms with Gasteiger partial charge >= 0.3 is 0 Å². The average Bonchev–Trinajstić information content (AvgIpc) is 3.64. The standard InChI is InChI=1S/C24H34N6O5S.C23H33N7O7S/c1-5-8-19-21-22(29(4)27-19)24(32)26-23(25-21)18-13-17(9-10-20(18)35-6-2)36(33,34)30-14-16(15-30)28(3)11-7-12-31;1-5-7-18(24)20-21(25-3)23(31)27-22(26-20)17-12-16(8-9-19(17)36-6-2)38(34,35)29-13-15(14-29)28(4)10-11-37-30(32)33/h9-10,13,16,31H,5-8,11-12,14-15H2,1-4H3,(H,25,26,32);8-9,12,15,24-25H,5-7,10-11,13-14H2,1-4H3,(H,26,27,31). The third-order valence-corrected chi connectivity index (χ3v) is 16.4. The highest BCUT2D eigenvalue weighted by atomic mass is 32.2. The summed E-state index contributed by atoms with van der Waals surface area (Å²) >= 11 is 0. The van der Waals surface area contributed by atoms with Crippen molar-refractivity contribution in [2.45, 2.75) is 81.7 Å². The Morgan fingerprint density at radius 1 is 0.851 bits per heavy atom. The summed E-state index contributed by atoms with van der Waals surface area (Å²) in [5.41, 5.74) is 1.99. The Morgan fingerprint density at radius 2 is 1.38 bits per heavy atom. The summed E-state index contributed by atoms with van der Waals surface area (Å²) in [4.78, 5) is 59.1. The van der Waals surface area contributed by atoms with Gasteiger partial charge in [0.25, 0.3) is 16.2 Å². The first-order valence-electron chi connectivity index (χ1n) is 24.4. The van der Waals surface area contributed by atoms with Crippen LogP contribution in [0.3, 0.4) is 0 Å². The minimum atomic E-state index is -3.89. The molecule has 0 saturated carbocycles. The van der Waals surface area contributed by atoms with Gasteiger partial charge < -0.3 is 45.0 Å². The molecule has 5 heterocycles. The number of aryl methyl sites for hydroxylation is 2. The van der Waals surface area contributed by atoms with Gasteiger partial charge in [-0.15, -0.1) is 10.1 Å². The number of aliphatic hydroxyl groups excluding tert-OH is 1. The SMILES string of the molecule is CCCC(=N)c1nc(-c2cc(S(=O)(=O)N3CC(N(C)CCO[N+](=O)[O-])C3)ccc2OCC)[nH]c(=O)c1NC.CCCc1nn(C)c2c(=O)[nH]c(-c3cc(S(=O)(=O)N4CC(N(C)CCCO)C4)ccc3OCC)nc12. The van der Waals surface area contributed by atoms with Crippen LogP contribution in [0.2, 0.25) is 0 Å². The van der Waals surface area contributed by atoms with E-state index in [-0.39, 0.29) is 94.6 Å². The number of hydrogen-bond acceptors (Lipinski definition) is 19. The third kappa shape index (κ3) is 12.6. The molecule has 0 amide bonds. The van der Waals surface area contributed by atoms with Crippen LogP contribution in [0.15, 0.2) is 55.8 Å². The first kappa shape index (κ1) is 56.9. The zero-order valence-corrected chi connectivity index (χ0v) is 44.6. The van der Waals surface area contributed by atoms with Crippen molar-refractivity contribution in [3.05, 3.63) is 78.6 Å². The summed E-state index contributed by atoms with van der Waals surface area (Å²) < 4.78 is 69.3. The van der Waals surface area contributed by atoms with E-state index in [1.165, 1.54) is 43.6 Å². The van der Waals surface area contributed by atoms with Crippen LogP contribution in [-0.4, -0.2) is 180 Å². The lowest BCUT2D eigenvalue weighted by Crippen LogP contribution is -2.60. The van der Waals surface area contributed by atoms with Crippen LogP contribution in [-0.2, 0) is 38.4 Å². The molecule has 25 nitrogen and oxygen atoms in total. The van der Waals surface area contributed by atoms with Crippen molar-refractivity contribution in [1.29, 1.82) is 5.41 Å². The number of anilines is 1. The molecule has 0 aliphatic carbocycles. The number of fused-ring (bicyclic) bond motifs is 1. The smallest absolute Gasteiger partial charge is 0.294 e. The maximum absolute atomic E-state index is 13.4. The molecule has 0 spiro atoms. The van der Waals surface area contributed by atoms with E-state index in [4.69, 9.17) is 25.0 Å². The molecule has 404 valence electrons. The van der Waals surface area contributed by atoms with E-state index in [0.29, 0.717) is 86.6 Å². The molecule has 2 aliphatic heterocycles. The lowest BCUT2D eigenvalue weighted by molar-refractivity contribution is -0.757. The molecule has 0 unspecified atom stereocenters. The van der Waals surface area contributed by atoms with E-state index >= 15 is 0 Å². The molecule has 5 aromatic rings. The van der Waals surface area contributed by atoms with Gasteiger partial charge in [-0.05, 0) is 83.6 Å². The number of aromatic amines is 2. The third-order valence-electron chi connectivity index (χ3n) is 12.7. The van der Waals surface area contributed by atoms with Crippen molar-refractivity contribution in [2.24, 2.45) is 7.05 Å². The Morgan fingerprint density at radius 3 is 1.86 bits per heavy atom. The summed E-state index contributed by atoms with van der Waals surface area (Å²) in [5.74, 6) is 1.11. The van der Waals surface area contributed by atoms with Gasteiger partial charge in [-0.2, -0.15) is 13.7 Å². The molecule has 2 fully saturated rings. The fourth-order valence-corrected chi connectivity index (χ4v) is 11.6. The molecule has 2 aromatic carbocycles. The molecule has 5 N–H and O–H groups in total. The number of aromatic nitrogens is 6. The van der Waals surface area contributed by atoms with Crippen molar-refractivity contribution in [3.63, 3.8) is 0 Å². The van der Waals surface area contributed by atoms with Gasteiger partial charge in [0.15, 0.2) is 5.52 Å². The van der Waals surface area contributed by atoms with Gasteiger partial charge in [0.05, 0.1) is 45.5 Å². The number of nitrogens with zero attached hydrogens (tertiary/aromatic N) is 9. The second-order valence-corrected chi connectivity index (χ2v) is 21.7. The van der Waals surface area contributed by atoms with E-state index in [1.807, 2.05) is 32.7 Å². The Balaban J connectivity index is 0.000000241. The highest BCUT2D eigenvalue weighted by molar-refractivity contribution is 7.89. The predicted molar refractivity (Wildman–Crippen MR) is 277 cm³/mol. The van der Waals surface area contributed by atoms with Crippen molar-refractivity contribution in [2.75, 3.05) is 92.2 Å². The van der Waals surface area contributed by atoms with E-state index in [0.717, 1.165) is 12.1 Å². The Bertz CT molecular complexity index is 3150. The number of aliphatic hydroxyl groups is 1. The summed E-state index contributed by atoms with van der Waals surface area (Å²) in [5, 5.41) is 34.1. The first-order valence-corrected chi connectivity index (χ1v) is 27.3. The molecule has 0 bridgehead atoms. The van der Waals surface area contributed by atoms with E-state index in [1.54, 1.807) is 34.1 Å². The minimum Gasteiger partial charge on any atom is -0.493 e. The zero-order chi connectivity index (χ0) is 54.1. The number of sulfonamides is 2. The van der Waals surface area contributed by atoms with Crippen molar-refractivity contribution >= 4 is 42.5 Å². The van der Waals surface area contributed by atoms with Crippen LogP contribution < -0.4 is 25.9 Å². The summed E-state index contributed by atoms with van der Waals surface area (Å²) in [6.45, 7) is 10.4. The van der Waals surface area contributed by atoms with Crippen LogP contribution in [0.25, 0.3) is 33.8 Å². The molecule has 2 aliphatic rings. The zero-order valence-electron chi connectivity index (χ0n) is 43.0. The lowest BCUT2D eigenvalue weighted by Gasteiger charge is -2.43. The number of benzene rings is 2. The van der Waals surface area contributed by atoms with Crippen LogP contribution in [0.1, 0.15) is 64.8 Å². The monoisotopic (exact) mass is 1070 g/mol. The molecular formula is C47H67N13O12S2. The van der Waals surface area contributed by atoms with Crippen LogP contribution in [0.5, 0.6) is 11.5 Å². The van der Waals surface area contributed by atoms with Crippen molar-refractivity contribution in [1.82, 2.24) is 48.1 Å². The molecule has 3 aromatic heterocycles. The van der Waals surface area contributed by atoms with Gasteiger partial charge in [0, 0.05) is 72.1 Å². The highest BCUT2D eigenvalue weighted by Gasteiger charge is 2.40. The van der Waals surface area contributed by atoms with Gasteiger partial charge in [-0.3, -0.25) is 19.2 Å². The maximum Gasteiger partial charge on any atom is 0.294 e. The number of hydrogen-bond donors (Lipinski definition) is 5. The summed E-state index contributed by atoms with van der Waals surface area (Å²) in [7, 11) is -0.679. The fourth-order valence-electron chi connectivity index (χ4n) is 8.50. The average molecular weight is 1070 g/mol. The molecular weight excluding hydrogens is 1000 g/mol. The molecule has 0 atom stereocenters. The highest BCUT2D eigenvalue weighted by Crippen LogP contribution is 2.35. The molecule has 27 heteroatoms. The van der Waals surface area contributed by atoms with Crippen LogP contribution in [0, 0.1) is 15.5 Å². The van der Waals surface area contributed by atoms with E-state index in [2.05, 4.69) is 35.1 Å². The number of H-pyrrole nitrogens is 2. The molecule has 74 heavy (non-hydrogen) atoms. The summed E-state index contributed by atoms with van der Waals surface area (Å²) in [6.07, 6.45) is 3.27. The van der Waals surface area contributed by atoms with E-state index in [9.17, 15) is 36.5 Å². The topological polar surface area (TPSA) is 318 Å². The Labute approximate surface area is 429 Å². The lowest BCUT2D eigenvalue weighted by atomic mass is 10.1. The number of ether oxygens (including phenoxy) is 2. The number of likely N-dealkylation sites (N-methyl/N-ethyl adjacent to an activating group) is 2.